The van der Waals surface area contributed by atoms with Crippen LogP contribution in [0.2, 0.25) is 0 Å². The molecule has 5 nitrogen and oxygen atoms in total. The molecule has 0 aromatic heterocycles. The minimum atomic E-state index is -1.80. The first kappa shape index (κ1) is 15.2. The molecule has 2 rings (SSSR count). The predicted octanol–water partition coefficient (Wildman–Crippen LogP) is 2.13. The van der Waals surface area contributed by atoms with E-state index in [1.165, 1.54) is 6.08 Å². The summed E-state index contributed by atoms with van der Waals surface area (Å²) in [5, 5.41) is 20.8. The van der Waals surface area contributed by atoms with Crippen LogP contribution >= 0.6 is 0 Å². The van der Waals surface area contributed by atoms with Crippen molar-refractivity contribution in [2.45, 2.75) is 12.6 Å². The van der Waals surface area contributed by atoms with Gasteiger partial charge in [0.1, 0.15) is 0 Å². The zero-order valence-electron chi connectivity index (χ0n) is 11.8. The smallest absolute Gasteiger partial charge is 0.302 e. The first-order chi connectivity index (χ1) is 9.91. The van der Waals surface area contributed by atoms with Crippen molar-refractivity contribution in [3.05, 3.63) is 75.9 Å². The van der Waals surface area contributed by atoms with Gasteiger partial charge < -0.3 is 5.11 Å². The van der Waals surface area contributed by atoms with Crippen LogP contribution in [0, 0.1) is 15.5 Å². The molecule has 21 heavy (non-hydrogen) atoms. The molecular formula is C16H18N2O3. The average Bonchev–Trinajstić information content (AvgIpc) is 2.49. The van der Waals surface area contributed by atoms with Crippen LogP contribution in [0.1, 0.15) is 12.5 Å². The van der Waals surface area contributed by atoms with Gasteiger partial charge >= 0.3 is 5.66 Å². The van der Waals surface area contributed by atoms with Crippen molar-refractivity contribution in [1.82, 2.24) is 0 Å². The largest absolute Gasteiger partial charge is 0.395 e. The van der Waals surface area contributed by atoms with Gasteiger partial charge in [0.15, 0.2) is 0 Å². The third-order valence-corrected chi connectivity index (χ3v) is 3.83. The van der Waals surface area contributed by atoms with E-state index in [0.717, 1.165) is 11.1 Å². The Morgan fingerprint density at radius 2 is 2.00 bits per heavy atom. The van der Waals surface area contributed by atoms with Gasteiger partial charge in [0.25, 0.3) is 0 Å². The van der Waals surface area contributed by atoms with Crippen LogP contribution in [0.3, 0.4) is 0 Å². The van der Waals surface area contributed by atoms with Crippen LogP contribution in [-0.4, -0.2) is 22.3 Å². The first-order valence-corrected chi connectivity index (χ1v) is 6.61. The second-order valence-corrected chi connectivity index (χ2v) is 5.38. The number of allylic oxidation sites excluding steroid dienone is 3. The predicted molar refractivity (Wildman–Crippen MR) is 81.8 cm³/mol. The fourth-order valence-electron chi connectivity index (χ4n) is 2.25. The van der Waals surface area contributed by atoms with Gasteiger partial charge in [-0.15, -0.1) is 0 Å². The van der Waals surface area contributed by atoms with Crippen molar-refractivity contribution >= 4 is 6.08 Å². The maximum absolute atomic E-state index is 11.2. The number of aliphatic hydroxyl groups is 1. The minimum Gasteiger partial charge on any atom is -0.395 e. The third kappa shape index (κ3) is 2.79. The van der Waals surface area contributed by atoms with Crippen LogP contribution < -0.4 is 5.73 Å². The van der Waals surface area contributed by atoms with E-state index in [1.54, 1.807) is 19.1 Å². The second kappa shape index (κ2) is 5.63. The van der Waals surface area contributed by atoms with Crippen molar-refractivity contribution in [3.8, 4) is 0 Å². The molecule has 1 aromatic rings. The monoisotopic (exact) mass is 286 g/mol. The Kier molecular flexibility index (Phi) is 4.06. The number of aliphatic hydroxyl groups excluding tert-OH is 1. The highest BCUT2D eigenvalue weighted by Gasteiger charge is 2.54. The highest BCUT2D eigenvalue weighted by molar-refractivity contribution is 5.55. The van der Waals surface area contributed by atoms with Gasteiger partial charge in [-0.25, -0.2) is 0 Å². The normalized spacial score (nSPS) is 28.6. The van der Waals surface area contributed by atoms with Crippen LogP contribution in [-0.2, 0) is 0 Å². The summed E-state index contributed by atoms with van der Waals surface area (Å²) in [7, 11) is 0. The zero-order chi connectivity index (χ0) is 15.5. The highest BCUT2D eigenvalue weighted by Crippen LogP contribution is 2.37. The summed E-state index contributed by atoms with van der Waals surface area (Å²) in [5.74, 6) is 0. The Bertz CT molecular complexity index is 622. The van der Waals surface area contributed by atoms with E-state index >= 15 is 0 Å². The molecule has 110 valence electrons. The Morgan fingerprint density at radius 1 is 1.33 bits per heavy atom. The number of nitro groups is 1. The molecule has 0 amide bonds. The van der Waals surface area contributed by atoms with E-state index in [4.69, 9.17) is 5.73 Å². The Morgan fingerprint density at radius 3 is 2.57 bits per heavy atom. The molecule has 1 unspecified atom stereocenters. The Labute approximate surface area is 123 Å². The summed E-state index contributed by atoms with van der Waals surface area (Å²) in [5.41, 5.74) is 4.70. The lowest BCUT2D eigenvalue weighted by atomic mass is 9.73. The van der Waals surface area contributed by atoms with Crippen LogP contribution in [0.4, 0.5) is 0 Å². The molecule has 0 spiro atoms. The summed E-state index contributed by atoms with van der Waals surface area (Å²) in [6, 6.07) is 9.71. The van der Waals surface area contributed by atoms with Gasteiger partial charge in [-0.05, 0) is 18.1 Å². The van der Waals surface area contributed by atoms with Crippen molar-refractivity contribution in [2.75, 3.05) is 6.61 Å². The topological polar surface area (TPSA) is 89.4 Å². The number of nitrogens with two attached hydrogens (primary N) is 1. The van der Waals surface area contributed by atoms with E-state index < -0.39 is 22.6 Å². The Hall–Kier alpha value is -2.24. The molecular weight excluding hydrogens is 268 g/mol. The summed E-state index contributed by atoms with van der Waals surface area (Å²) in [6.07, 6.45) is 8.35. The number of hydrogen-bond donors (Lipinski definition) is 2. The minimum absolute atomic E-state index is 0.405. The fraction of sp³-hybridized carbons (Fsp3) is 0.250. The maximum Gasteiger partial charge on any atom is 0.302 e. The molecule has 1 aliphatic carbocycles. The van der Waals surface area contributed by atoms with E-state index in [-0.39, 0.29) is 0 Å². The molecule has 0 bridgehead atoms. The van der Waals surface area contributed by atoms with Crippen molar-refractivity contribution in [1.29, 1.82) is 0 Å². The van der Waals surface area contributed by atoms with Crippen molar-refractivity contribution in [2.24, 2.45) is 11.1 Å². The molecule has 1 aromatic carbocycles. The quantitative estimate of drug-likeness (QED) is 0.504. The molecule has 0 radical (unpaired) electrons. The molecule has 2 atom stereocenters. The standard InChI is InChI=1S/C16H18N2O3/c1-15(12-19)11-14(9-10-16(15,17)18(20)21)8-7-13-5-3-2-4-6-13/h2-11,19H,12,17H2,1H3/t15?,16-/m0/s1. The van der Waals surface area contributed by atoms with Gasteiger partial charge in [-0.3, -0.25) is 15.8 Å². The number of benzene rings is 1. The number of rotatable bonds is 4. The maximum atomic E-state index is 11.2. The van der Waals surface area contributed by atoms with Gasteiger partial charge in [0.05, 0.1) is 12.0 Å². The van der Waals surface area contributed by atoms with E-state index in [1.807, 2.05) is 42.5 Å². The van der Waals surface area contributed by atoms with E-state index in [0.29, 0.717) is 0 Å². The molecule has 1 aliphatic rings. The molecule has 0 heterocycles. The van der Waals surface area contributed by atoms with Crippen LogP contribution in [0.15, 0.2) is 60.2 Å². The van der Waals surface area contributed by atoms with Gasteiger partial charge in [0.2, 0.25) is 0 Å². The van der Waals surface area contributed by atoms with Gasteiger partial charge in [-0.1, -0.05) is 54.6 Å². The third-order valence-electron chi connectivity index (χ3n) is 3.83. The lowest BCUT2D eigenvalue weighted by Crippen LogP contribution is -2.60. The van der Waals surface area contributed by atoms with Gasteiger partial charge in [-0.2, -0.15) is 0 Å². The average molecular weight is 286 g/mol. The highest BCUT2D eigenvalue weighted by atomic mass is 16.6. The molecule has 0 saturated heterocycles. The summed E-state index contributed by atoms with van der Waals surface area (Å²) in [4.78, 5) is 10.6. The Balaban J connectivity index is 2.30. The molecule has 5 heteroatoms. The summed E-state index contributed by atoms with van der Waals surface area (Å²) in [6.45, 7) is 1.17. The lowest BCUT2D eigenvalue weighted by Gasteiger charge is -2.35. The SMILES string of the molecule is CC1(CO)C=C(C=Cc2ccccc2)C=C[C@]1(N)[N+](=O)[O-]. The number of nitrogens with zero attached hydrogens (tertiary/aromatic N) is 1. The van der Waals surface area contributed by atoms with Crippen molar-refractivity contribution in [3.63, 3.8) is 0 Å². The van der Waals surface area contributed by atoms with Gasteiger partial charge in [0, 0.05) is 11.0 Å². The summed E-state index contributed by atoms with van der Waals surface area (Å²) >= 11 is 0. The number of hydrogen-bond acceptors (Lipinski definition) is 4. The molecule has 0 saturated carbocycles. The molecule has 0 fully saturated rings. The second-order valence-electron chi connectivity index (χ2n) is 5.38. The van der Waals surface area contributed by atoms with Crippen LogP contribution in [0.25, 0.3) is 6.08 Å². The van der Waals surface area contributed by atoms with E-state index in [2.05, 4.69) is 0 Å². The zero-order valence-corrected chi connectivity index (χ0v) is 11.8. The molecule has 3 N–H and O–H groups in total. The fourth-order valence-corrected chi connectivity index (χ4v) is 2.25. The first-order valence-electron chi connectivity index (χ1n) is 6.61. The van der Waals surface area contributed by atoms with Crippen molar-refractivity contribution < 1.29 is 10.0 Å². The van der Waals surface area contributed by atoms with E-state index in [9.17, 15) is 15.2 Å². The lowest BCUT2D eigenvalue weighted by molar-refractivity contribution is -0.572. The molecule has 0 aliphatic heterocycles. The van der Waals surface area contributed by atoms with Crippen LogP contribution in [0.5, 0.6) is 0 Å². The summed E-state index contributed by atoms with van der Waals surface area (Å²) < 4.78 is 0.